The van der Waals surface area contributed by atoms with Crippen molar-refractivity contribution >= 4 is 6.09 Å². The molecule has 0 aliphatic carbocycles. The third-order valence-electron chi connectivity index (χ3n) is 4.69. The van der Waals surface area contributed by atoms with E-state index >= 15 is 0 Å². The molecule has 1 aromatic heterocycles. The molecule has 0 radical (unpaired) electrons. The number of nitrogens with two attached hydrogens (primary N) is 1. The van der Waals surface area contributed by atoms with Gasteiger partial charge in [-0.1, -0.05) is 13.8 Å². The summed E-state index contributed by atoms with van der Waals surface area (Å²) in [7, 11) is 0. The smallest absolute Gasteiger partial charge is 0.424 e. The highest BCUT2D eigenvalue weighted by Crippen LogP contribution is 2.39. The summed E-state index contributed by atoms with van der Waals surface area (Å²) in [5.41, 5.74) is -0.361. The Bertz CT molecular complexity index is 971. The Morgan fingerprint density at radius 2 is 1.59 bits per heavy atom. The van der Waals surface area contributed by atoms with Crippen molar-refractivity contribution in [2.45, 2.75) is 71.4 Å². The van der Waals surface area contributed by atoms with Gasteiger partial charge in [0.1, 0.15) is 11.4 Å². The fourth-order valence-corrected chi connectivity index (χ4v) is 2.87. The van der Waals surface area contributed by atoms with E-state index < -0.39 is 47.1 Å². The van der Waals surface area contributed by atoms with Crippen LogP contribution in [-0.2, 0) is 15.9 Å². The zero-order chi connectivity index (χ0) is 26.5. The van der Waals surface area contributed by atoms with Crippen molar-refractivity contribution in [2.75, 3.05) is 6.54 Å². The molecule has 0 spiro atoms. The van der Waals surface area contributed by atoms with Gasteiger partial charge in [0.05, 0.1) is 16.9 Å². The lowest BCUT2D eigenvalue weighted by Gasteiger charge is -2.32. The number of hydrogen-bond donors (Lipinski definition) is 3. The van der Waals surface area contributed by atoms with E-state index in [1.54, 1.807) is 34.6 Å². The fourth-order valence-electron chi connectivity index (χ4n) is 2.87. The van der Waals surface area contributed by atoms with Crippen molar-refractivity contribution in [2.24, 2.45) is 5.73 Å². The second kappa shape index (κ2) is 10.7. The normalized spacial score (nSPS) is 13.9. The number of ether oxygens (including phenoxy) is 1. The Hall–Kier alpha value is -2.72. The molecule has 1 amide bonds. The maximum atomic E-state index is 13.7. The average Bonchev–Trinajstić information content (AvgIpc) is 2.72. The van der Waals surface area contributed by atoms with Gasteiger partial charge in [-0.25, -0.2) is 14.2 Å². The summed E-state index contributed by atoms with van der Waals surface area (Å²) in [5.74, 6) is -0.536. The quantitative estimate of drug-likeness (QED) is 0.492. The molecule has 2 aromatic rings. The van der Waals surface area contributed by atoms with Crippen LogP contribution < -0.4 is 11.1 Å². The second-order valence-electron chi connectivity index (χ2n) is 8.95. The van der Waals surface area contributed by atoms with E-state index in [9.17, 15) is 27.5 Å². The molecule has 0 aliphatic heterocycles. The maximum Gasteiger partial charge on any atom is 0.424 e. The van der Waals surface area contributed by atoms with Crippen LogP contribution in [0.15, 0.2) is 36.4 Å². The van der Waals surface area contributed by atoms with Crippen molar-refractivity contribution in [3.8, 4) is 11.3 Å². The first-order valence-corrected chi connectivity index (χ1v) is 10.8. The number of nitrogens with zero attached hydrogens (tertiary/aromatic N) is 1. The average molecular weight is 488 g/mol. The highest BCUT2D eigenvalue weighted by atomic mass is 19.4. The molecule has 1 aromatic carbocycles. The molecule has 1 unspecified atom stereocenters. The lowest BCUT2D eigenvalue weighted by atomic mass is 9.89. The van der Waals surface area contributed by atoms with E-state index in [1.807, 2.05) is 13.8 Å². The summed E-state index contributed by atoms with van der Waals surface area (Å²) in [6.07, 6.45) is -5.90. The second-order valence-corrected chi connectivity index (χ2v) is 8.95. The van der Waals surface area contributed by atoms with Gasteiger partial charge in [-0.05, 0) is 76.6 Å². The molecule has 1 atom stereocenters. The SMILES string of the molecule is CC.CC(C)(C)OC(=O)NC(C)(C)c1cc(-c2ccc(F)cc2)nc(C(O)(CN)C(F)(F)F)c1. The highest BCUT2D eigenvalue weighted by Gasteiger charge is 2.55. The number of benzene rings is 1. The molecule has 0 aliphatic rings. The van der Waals surface area contributed by atoms with Crippen LogP contribution in [0.4, 0.5) is 22.4 Å². The Morgan fingerprint density at radius 1 is 1.06 bits per heavy atom. The molecule has 0 fully saturated rings. The Balaban J connectivity index is 0.00000281. The number of alkyl halides is 3. The number of carbonyl (C=O) groups is 1. The summed E-state index contributed by atoms with van der Waals surface area (Å²) in [5, 5.41) is 13.0. The molecule has 0 saturated heterocycles. The number of carbonyl (C=O) groups excluding carboxylic acids is 1. The number of nitrogens with one attached hydrogen (secondary N) is 1. The van der Waals surface area contributed by atoms with Crippen LogP contribution >= 0.6 is 0 Å². The van der Waals surface area contributed by atoms with Gasteiger partial charge in [-0.15, -0.1) is 0 Å². The predicted octanol–water partition coefficient (Wildman–Crippen LogP) is 5.38. The van der Waals surface area contributed by atoms with Crippen LogP contribution in [0.2, 0.25) is 0 Å². The first-order chi connectivity index (χ1) is 15.5. The molecule has 1 heterocycles. The van der Waals surface area contributed by atoms with Gasteiger partial charge < -0.3 is 20.9 Å². The third kappa shape index (κ3) is 7.14. The van der Waals surface area contributed by atoms with Crippen LogP contribution in [0.1, 0.15) is 59.7 Å². The lowest BCUT2D eigenvalue weighted by Crippen LogP contribution is -2.49. The minimum absolute atomic E-state index is 0.0349. The van der Waals surface area contributed by atoms with Crippen molar-refractivity contribution in [3.05, 3.63) is 53.5 Å². The van der Waals surface area contributed by atoms with Gasteiger partial charge in [0, 0.05) is 12.1 Å². The van der Waals surface area contributed by atoms with Gasteiger partial charge in [-0.3, -0.25) is 0 Å². The number of hydrogen-bond acceptors (Lipinski definition) is 5. The van der Waals surface area contributed by atoms with Gasteiger partial charge in [0.2, 0.25) is 5.60 Å². The molecule has 4 N–H and O–H groups in total. The third-order valence-corrected chi connectivity index (χ3v) is 4.69. The molecular weight excluding hydrogens is 454 g/mol. The lowest BCUT2D eigenvalue weighted by molar-refractivity contribution is -0.263. The van der Waals surface area contributed by atoms with E-state index in [4.69, 9.17) is 10.5 Å². The van der Waals surface area contributed by atoms with E-state index in [0.717, 1.165) is 18.2 Å². The molecule has 2 rings (SSSR count). The van der Waals surface area contributed by atoms with Gasteiger partial charge >= 0.3 is 12.3 Å². The van der Waals surface area contributed by atoms with E-state index in [-0.39, 0.29) is 11.3 Å². The molecule has 0 bridgehead atoms. The van der Waals surface area contributed by atoms with Crippen LogP contribution in [-0.4, -0.2) is 34.5 Å². The van der Waals surface area contributed by atoms with E-state index in [0.29, 0.717) is 5.56 Å². The number of rotatable bonds is 5. The van der Waals surface area contributed by atoms with Crippen molar-refractivity contribution < 1.29 is 32.2 Å². The summed E-state index contributed by atoms with van der Waals surface area (Å²) in [6, 6.07) is 7.42. The standard InChI is InChI=1S/C22H27F4N3O3.C2H6/c1-19(2,3)32-18(30)29-20(4,5)14-10-16(13-6-8-15(23)9-7-13)28-17(11-14)21(31,12-27)22(24,25)26;1-2/h6-11,31H,12,27H2,1-5H3,(H,29,30);1-2H3. The fraction of sp³-hybridized carbons (Fsp3) is 0.500. The van der Waals surface area contributed by atoms with Crippen molar-refractivity contribution in [3.63, 3.8) is 0 Å². The largest absolute Gasteiger partial charge is 0.444 e. The minimum Gasteiger partial charge on any atom is -0.444 e. The monoisotopic (exact) mass is 487 g/mol. The van der Waals surface area contributed by atoms with Crippen molar-refractivity contribution in [1.82, 2.24) is 10.3 Å². The van der Waals surface area contributed by atoms with Gasteiger partial charge in [0.15, 0.2) is 0 Å². The predicted molar refractivity (Wildman–Crippen MR) is 122 cm³/mol. The van der Waals surface area contributed by atoms with Gasteiger partial charge in [0.25, 0.3) is 0 Å². The van der Waals surface area contributed by atoms with Gasteiger partial charge in [-0.2, -0.15) is 13.2 Å². The number of aromatic nitrogens is 1. The van der Waals surface area contributed by atoms with E-state index in [2.05, 4.69) is 10.3 Å². The zero-order valence-electron chi connectivity index (χ0n) is 20.5. The molecule has 34 heavy (non-hydrogen) atoms. The van der Waals surface area contributed by atoms with E-state index in [1.165, 1.54) is 18.2 Å². The van der Waals surface area contributed by atoms with Crippen LogP contribution in [0.25, 0.3) is 11.3 Å². The molecule has 190 valence electrons. The molecule has 6 nitrogen and oxygen atoms in total. The van der Waals surface area contributed by atoms with Crippen LogP contribution in [0, 0.1) is 5.82 Å². The van der Waals surface area contributed by atoms with Crippen molar-refractivity contribution in [1.29, 1.82) is 0 Å². The highest BCUT2D eigenvalue weighted by molar-refractivity contribution is 5.69. The molecular formula is C24H33F4N3O3. The number of pyridine rings is 1. The summed E-state index contributed by atoms with van der Waals surface area (Å²) in [6.45, 7) is 10.9. The number of alkyl carbamates (subject to hydrolysis) is 1. The maximum absolute atomic E-state index is 13.7. The summed E-state index contributed by atoms with van der Waals surface area (Å²) >= 11 is 0. The van der Waals surface area contributed by atoms with Crippen LogP contribution in [0.3, 0.4) is 0 Å². The number of halogens is 4. The molecule has 10 heteroatoms. The number of amides is 1. The topological polar surface area (TPSA) is 97.5 Å². The Morgan fingerprint density at radius 3 is 2.03 bits per heavy atom. The Labute approximate surface area is 197 Å². The van der Waals surface area contributed by atoms with Crippen LogP contribution in [0.5, 0.6) is 0 Å². The first kappa shape index (κ1) is 29.3. The minimum atomic E-state index is -5.11. The molecule has 0 saturated carbocycles. The number of aliphatic hydroxyl groups is 1. The zero-order valence-corrected chi connectivity index (χ0v) is 20.5. The Kier molecular flexibility index (Phi) is 9.22. The summed E-state index contributed by atoms with van der Waals surface area (Å²) in [4.78, 5) is 16.3. The first-order valence-electron chi connectivity index (χ1n) is 10.8. The summed E-state index contributed by atoms with van der Waals surface area (Å²) < 4.78 is 59.7.